The molecule has 0 unspecified atom stereocenters. The van der Waals surface area contributed by atoms with Gasteiger partial charge in [0.2, 0.25) is 0 Å². The first-order valence-corrected chi connectivity index (χ1v) is 12.0. The molecule has 1 saturated heterocycles. The molecule has 1 aliphatic rings. The van der Waals surface area contributed by atoms with Crippen LogP contribution < -0.4 is 15.5 Å². The van der Waals surface area contributed by atoms with Crippen molar-refractivity contribution in [3.8, 4) is 0 Å². The third-order valence-electron chi connectivity index (χ3n) is 5.35. The predicted octanol–water partition coefficient (Wildman–Crippen LogP) is 5.33. The number of thiazole rings is 1. The molecule has 9 heteroatoms. The highest BCUT2D eigenvalue weighted by Crippen LogP contribution is 2.32. The number of rotatable bonds is 7. The van der Waals surface area contributed by atoms with Crippen LogP contribution in [0.25, 0.3) is 10.2 Å². The van der Waals surface area contributed by atoms with Gasteiger partial charge in [-0.05, 0) is 43.7 Å². The lowest BCUT2D eigenvalue weighted by Crippen LogP contribution is -2.46. The average Bonchev–Trinajstić information content (AvgIpc) is 3.18. The molecule has 0 atom stereocenters. The van der Waals surface area contributed by atoms with E-state index in [1.54, 1.807) is 0 Å². The standard InChI is InChI=1S/C22H25Cl2N5OS/c23-16-6-5-8-18(20(16)24)29-14-12-28(13-15-29)11-4-3-10-25-21(30)27-22-26-17-7-1-2-9-19(17)31-22/h1-2,5-9H,3-4,10-15H2,(H2,25,26,27,30). The summed E-state index contributed by atoms with van der Waals surface area (Å²) in [5.74, 6) is 0. The summed E-state index contributed by atoms with van der Waals surface area (Å²) in [6.07, 6.45) is 1.98. The van der Waals surface area contributed by atoms with E-state index in [4.69, 9.17) is 23.2 Å². The molecule has 2 aromatic carbocycles. The molecule has 0 saturated carbocycles. The lowest BCUT2D eigenvalue weighted by atomic mass is 10.2. The van der Waals surface area contributed by atoms with E-state index < -0.39 is 0 Å². The number of amides is 2. The highest BCUT2D eigenvalue weighted by Gasteiger charge is 2.19. The smallest absolute Gasteiger partial charge is 0.321 e. The number of hydrogen-bond donors (Lipinski definition) is 2. The van der Waals surface area contributed by atoms with Crippen LogP contribution in [0.5, 0.6) is 0 Å². The highest BCUT2D eigenvalue weighted by molar-refractivity contribution is 7.22. The Kier molecular flexibility index (Phi) is 7.50. The van der Waals surface area contributed by atoms with Crippen molar-refractivity contribution in [1.82, 2.24) is 15.2 Å². The fourth-order valence-electron chi connectivity index (χ4n) is 3.68. The van der Waals surface area contributed by atoms with E-state index >= 15 is 0 Å². The van der Waals surface area contributed by atoms with Gasteiger partial charge in [-0.25, -0.2) is 9.78 Å². The number of carbonyl (C=O) groups is 1. The predicted molar refractivity (Wildman–Crippen MR) is 131 cm³/mol. The van der Waals surface area contributed by atoms with Crippen LogP contribution in [-0.4, -0.2) is 55.2 Å². The van der Waals surface area contributed by atoms with Crippen LogP contribution in [0.1, 0.15) is 12.8 Å². The number of halogens is 2. The molecule has 0 spiro atoms. The maximum atomic E-state index is 12.1. The zero-order valence-corrected chi connectivity index (χ0v) is 19.4. The second-order valence-corrected chi connectivity index (χ2v) is 9.29. The molecule has 1 aliphatic heterocycles. The molecule has 6 nitrogen and oxygen atoms in total. The van der Waals surface area contributed by atoms with Crippen molar-refractivity contribution in [1.29, 1.82) is 0 Å². The van der Waals surface area contributed by atoms with E-state index in [-0.39, 0.29) is 6.03 Å². The number of anilines is 2. The fraction of sp³-hybridized carbons (Fsp3) is 0.364. The quantitative estimate of drug-likeness (QED) is 0.451. The number of para-hydroxylation sites is 1. The Balaban J connectivity index is 1.12. The topological polar surface area (TPSA) is 60.5 Å². The molecule has 1 fully saturated rings. The lowest BCUT2D eigenvalue weighted by Gasteiger charge is -2.36. The van der Waals surface area contributed by atoms with Gasteiger partial charge in [-0.1, -0.05) is 52.7 Å². The van der Waals surface area contributed by atoms with Crippen LogP contribution in [-0.2, 0) is 0 Å². The van der Waals surface area contributed by atoms with Gasteiger partial charge in [-0.2, -0.15) is 0 Å². The number of carbonyl (C=O) groups excluding carboxylic acids is 1. The van der Waals surface area contributed by atoms with Crippen LogP contribution in [0.4, 0.5) is 15.6 Å². The molecule has 0 radical (unpaired) electrons. The Hall–Kier alpha value is -2.06. The summed E-state index contributed by atoms with van der Waals surface area (Å²) in [6.45, 7) is 5.53. The van der Waals surface area contributed by atoms with Crippen LogP contribution in [0.2, 0.25) is 10.0 Å². The summed E-state index contributed by atoms with van der Waals surface area (Å²) in [5, 5.41) is 7.59. The summed E-state index contributed by atoms with van der Waals surface area (Å²) in [5.41, 5.74) is 1.91. The molecule has 3 aromatic rings. The van der Waals surface area contributed by atoms with Gasteiger partial charge in [0.05, 0.1) is 25.9 Å². The van der Waals surface area contributed by atoms with Gasteiger partial charge < -0.3 is 10.2 Å². The van der Waals surface area contributed by atoms with E-state index in [0.717, 1.165) is 61.5 Å². The van der Waals surface area contributed by atoms with Crippen LogP contribution in [0, 0.1) is 0 Å². The van der Waals surface area contributed by atoms with Crippen molar-refractivity contribution >= 4 is 61.6 Å². The van der Waals surface area contributed by atoms with E-state index in [9.17, 15) is 4.79 Å². The SMILES string of the molecule is O=C(NCCCCN1CCN(c2cccc(Cl)c2Cl)CC1)Nc1nc2ccccc2s1. The summed E-state index contributed by atoms with van der Waals surface area (Å²) in [4.78, 5) is 21.2. The van der Waals surface area contributed by atoms with Gasteiger partial charge in [0.1, 0.15) is 0 Å². The van der Waals surface area contributed by atoms with E-state index in [1.165, 1.54) is 11.3 Å². The highest BCUT2D eigenvalue weighted by atomic mass is 35.5. The third-order valence-corrected chi connectivity index (χ3v) is 7.11. The molecule has 164 valence electrons. The maximum Gasteiger partial charge on any atom is 0.321 e. The number of urea groups is 1. The number of aromatic nitrogens is 1. The average molecular weight is 478 g/mol. The lowest BCUT2D eigenvalue weighted by molar-refractivity contribution is 0.247. The molecular weight excluding hydrogens is 453 g/mol. The zero-order chi connectivity index (χ0) is 21.6. The van der Waals surface area contributed by atoms with Crippen molar-refractivity contribution < 1.29 is 4.79 Å². The molecule has 4 rings (SSSR count). The molecule has 0 aliphatic carbocycles. The third kappa shape index (κ3) is 5.80. The van der Waals surface area contributed by atoms with E-state index in [2.05, 4.69) is 25.4 Å². The number of benzene rings is 2. The summed E-state index contributed by atoms with van der Waals surface area (Å²) < 4.78 is 1.07. The minimum atomic E-state index is -0.203. The molecule has 2 N–H and O–H groups in total. The number of fused-ring (bicyclic) bond motifs is 1. The van der Waals surface area contributed by atoms with Gasteiger partial charge in [0.15, 0.2) is 5.13 Å². The van der Waals surface area contributed by atoms with Gasteiger partial charge in [0.25, 0.3) is 0 Å². The Morgan fingerprint density at radius 1 is 1.03 bits per heavy atom. The Labute approximate surface area is 196 Å². The van der Waals surface area contributed by atoms with Gasteiger partial charge in [-0.15, -0.1) is 0 Å². The number of unbranched alkanes of at least 4 members (excludes halogenated alkanes) is 1. The van der Waals surface area contributed by atoms with Crippen LogP contribution in [0.15, 0.2) is 42.5 Å². The van der Waals surface area contributed by atoms with Crippen molar-refractivity contribution in [3.05, 3.63) is 52.5 Å². The molecular formula is C22H25Cl2N5OS. The zero-order valence-electron chi connectivity index (χ0n) is 17.1. The summed E-state index contributed by atoms with van der Waals surface area (Å²) in [7, 11) is 0. The first-order valence-electron chi connectivity index (χ1n) is 10.4. The second-order valence-electron chi connectivity index (χ2n) is 7.48. The van der Waals surface area contributed by atoms with Gasteiger partial charge in [-0.3, -0.25) is 10.2 Å². The fourth-order valence-corrected chi connectivity index (χ4v) is 4.95. The molecule has 31 heavy (non-hydrogen) atoms. The Morgan fingerprint density at radius 3 is 2.65 bits per heavy atom. The maximum absolute atomic E-state index is 12.1. The number of nitrogens with one attached hydrogen (secondary N) is 2. The largest absolute Gasteiger partial charge is 0.368 e. The summed E-state index contributed by atoms with van der Waals surface area (Å²) >= 11 is 14.0. The monoisotopic (exact) mass is 477 g/mol. The van der Waals surface area contributed by atoms with Gasteiger partial charge in [0, 0.05) is 32.7 Å². The first kappa shape index (κ1) is 22.1. The minimum Gasteiger partial charge on any atom is -0.368 e. The Bertz CT molecular complexity index is 1000. The molecule has 1 aromatic heterocycles. The minimum absolute atomic E-state index is 0.203. The van der Waals surface area contributed by atoms with Crippen molar-refractivity contribution in [2.24, 2.45) is 0 Å². The van der Waals surface area contributed by atoms with Crippen molar-refractivity contribution in [3.63, 3.8) is 0 Å². The molecule has 2 heterocycles. The summed E-state index contributed by atoms with van der Waals surface area (Å²) in [6, 6.07) is 13.4. The Morgan fingerprint density at radius 2 is 1.84 bits per heavy atom. The van der Waals surface area contributed by atoms with E-state index in [0.29, 0.717) is 21.7 Å². The van der Waals surface area contributed by atoms with Gasteiger partial charge >= 0.3 is 6.03 Å². The van der Waals surface area contributed by atoms with Crippen molar-refractivity contribution in [2.75, 3.05) is 49.5 Å². The molecule has 2 amide bonds. The number of nitrogens with zero attached hydrogens (tertiary/aromatic N) is 3. The van der Waals surface area contributed by atoms with Crippen molar-refractivity contribution in [2.45, 2.75) is 12.8 Å². The number of hydrogen-bond acceptors (Lipinski definition) is 5. The first-order chi connectivity index (χ1) is 15.1. The normalized spacial score (nSPS) is 14.7. The molecule has 0 bridgehead atoms. The van der Waals surface area contributed by atoms with Crippen LogP contribution in [0.3, 0.4) is 0 Å². The number of piperazine rings is 1. The van der Waals surface area contributed by atoms with E-state index in [1.807, 2.05) is 42.5 Å². The van der Waals surface area contributed by atoms with Crippen LogP contribution >= 0.6 is 34.5 Å². The second kappa shape index (κ2) is 10.5.